The molecule has 2 heterocycles. The zero-order valence-corrected chi connectivity index (χ0v) is 26.1. The molecule has 1 aromatic heterocycles. The fourth-order valence-corrected chi connectivity index (χ4v) is 5.24. The highest BCUT2D eigenvalue weighted by Gasteiger charge is 2.30. The number of likely N-dealkylation sites (tertiary alicyclic amines) is 1. The van der Waals surface area contributed by atoms with Gasteiger partial charge in [-0.25, -0.2) is 0 Å². The molecule has 1 aliphatic rings. The van der Waals surface area contributed by atoms with Crippen LogP contribution in [0.5, 0.6) is 5.75 Å². The molecule has 2 aromatic carbocycles. The van der Waals surface area contributed by atoms with Gasteiger partial charge in [0.2, 0.25) is 0 Å². The van der Waals surface area contributed by atoms with Crippen LogP contribution in [-0.2, 0) is 11.3 Å². The molecule has 44 heavy (non-hydrogen) atoms. The summed E-state index contributed by atoms with van der Waals surface area (Å²) < 4.78 is 52.7. The largest absolute Gasteiger partial charge is 0.495 e. The topological polar surface area (TPSA) is 100 Å². The number of aliphatic hydroxyl groups is 1. The summed E-state index contributed by atoms with van der Waals surface area (Å²) in [5.41, 5.74) is 2.52. The van der Waals surface area contributed by atoms with E-state index >= 15 is 0 Å². The highest BCUT2D eigenvalue weighted by Crippen LogP contribution is 2.31. The van der Waals surface area contributed by atoms with E-state index in [1.807, 2.05) is 6.07 Å². The second kappa shape index (κ2) is 15.9. The Hall–Kier alpha value is -3.57. The molecule has 0 saturated carbocycles. The molecule has 4 N–H and O–H groups in total. The quantitative estimate of drug-likeness (QED) is 0.236. The summed E-state index contributed by atoms with van der Waals surface area (Å²) in [5, 5.41) is 19.3. The van der Waals surface area contributed by atoms with Gasteiger partial charge in [0.15, 0.2) is 0 Å². The number of nitrogens with zero attached hydrogens (tertiary/aromatic N) is 2. The molecule has 0 aliphatic carbocycles. The molecular formula is C31H40F3N5O4S. The second-order valence-corrected chi connectivity index (χ2v) is 10.4. The summed E-state index contributed by atoms with van der Waals surface area (Å²) in [6.45, 7) is 1.26. The molecule has 0 radical (unpaired) electrons. The molecule has 1 atom stereocenters. The van der Waals surface area contributed by atoms with E-state index < -0.39 is 12.7 Å². The summed E-state index contributed by atoms with van der Waals surface area (Å²) in [6, 6.07) is 12.1. The molecule has 240 valence electrons. The van der Waals surface area contributed by atoms with E-state index in [2.05, 4.69) is 32.7 Å². The van der Waals surface area contributed by atoms with Crippen LogP contribution in [0.15, 0.2) is 42.5 Å². The van der Waals surface area contributed by atoms with Gasteiger partial charge >= 0.3 is 6.18 Å². The van der Waals surface area contributed by atoms with Gasteiger partial charge in [0, 0.05) is 56.5 Å². The molecule has 0 unspecified atom stereocenters. The molecule has 13 heteroatoms. The minimum Gasteiger partial charge on any atom is -0.495 e. The normalized spacial score (nSPS) is 14.7. The van der Waals surface area contributed by atoms with Crippen molar-refractivity contribution in [1.82, 2.24) is 14.8 Å². The number of carbonyl (C=O) groups excluding carboxylic acids is 1. The number of hydrogen-bond acceptors (Lipinski definition) is 7. The van der Waals surface area contributed by atoms with E-state index in [0.717, 1.165) is 31.6 Å². The van der Waals surface area contributed by atoms with Crippen LogP contribution in [-0.4, -0.2) is 92.9 Å². The number of aliphatic hydroxyl groups excluding tert-OH is 1. The first-order chi connectivity index (χ1) is 20.6. The number of alkyl halides is 3. The first-order valence-electron chi connectivity index (χ1n) is 14.1. The highest BCUT2D eigenvalue weighted by atomic mass is 32.1. The van der Waals surface area contributed by atoms with E-state index in [0.29, 0.717) is 34.4 Å². The third kappa shape index (κ3) is 8.98. The van der Waals surface area contributed by atoms with Crippen LogP contribution < -0.4 is 20.7 Å². The van der Waals surface area contributed by atoms with Gasteiger partial charge in [-0.2, -0.15) is 26.7 Å². The maximum atomic E-state index is 13.6. The number of methoxy groups -OCH3 is 2. The Morgan fingerprint density at radius 3 is 2.52 bits per heavy atom. The Balaban J connectivity index is 0.00000529. The molecule has 9 nitrogen and oxygen atoms in total. The van der Waals surface area contributed by atoms with Gasteiger partial charge in [-0.05, 0) is 55.2 Å². The van der Waals surface area contributed by atoms with E-state index in [-0.39, 0.29) is 50.4 Å². The first kappa shape index (κ1) is 34.9. The van der Waals surface area contributed by atoms with Gasteiger partial charge < -0.3 is 40.0 Å². The Morgan fingerprint density at radius 1 is 1.14 bits per heavy atom. The van der Waals surface area contributed by atoms with E-state index in [9.17, 15) is 23.1 Å². The number of anilines is 2. The molecule has 1 amide bonds. The predicted octanol–water partition coefficient (Wildman–Crippen LogP) is 4.03. The third-order valence-electron chi connectivity index (χ3n) is 7.50. The summed E-state index contributed by atoms with van der Waals surface area (Å²) >= 11 is 0. The van der Waals surface area contributed by atoms with Crippen LogP contribution in [0.1, 0.15) is 28.9 Å². The monoisotopic (exact) mass is 635 g/mol. The van der Waals surface area contributed by atoms with Crippen molar-refractivity contribution < 1.29 is 32.5 Å². The molecule has 4 rings (SSSR count). The fraction of sp³-hybridized carbons (Fsp3) is 0.452. The number of hydrogen-bond donors (Lipinski definition) is 4. The van der Waals surface area contributed by atoms with Gasteiger partial charge in [0.1, 0.15) is 12.3 Å². The highest BCUT2D eigenvalue weighted by molar-refractivity contribution is 7.59. The molecular weight excluding hydrogens is 595 g/mol. The second-order valence-electron chi connectivity index (χ2n) is 10.4. The number of ether oxygens (including phenoxy) is 2. The number of amides is 1. The van der Waals surface area contributed by atoms with E-state index in [1.165, 1.54) is 18.7 Å². The van der Waals surface area contributed by atoms with Crippen LogP contribution in [0, 0.1) is 11.8 Å². The lowest BCUT2D eigenvalue weighted by Gasteiger charge is -2.34. The smallest absolute Gasteiger partial charge is 0.406 e. The van der Waals surface area contributed by atoms with Crippen molar-refractivity contribution in [2.45, 2.75) is 37.7 Å². The number of fused-ring (bicyclic) bond motifs is 1. The summed E-state index contributed by atoms with van der Waals surface area (Å²) in [4.78, 5) is 14.2. The first-order valence-corrected chi connectivity index (χ1v) is 14.1. The lowest BCUT2D eigenvalue weighted by molar-refractivity contribution is -0.140. The van der Waals surface area contributed by atoms with Crippen molar-refractivity contribution in [3.8, 4) is 17.6 Å². The van der Waals surface area contributed by atoms with Crippen molar-refractivity contribution in [2.24, 2.45) is 0 Å². The van der Waals surface area contributed by atoms with Gasteiger partial charge in [0.25, 0.3) is 5.91 Å². The van der Waals surface area contributed by atoms with Gasteiger partial charge in [0.05, 0.1) is 43.3 Å². The van der Waals surface area contributed by atoms with Gasteiger partial charge in [-0.1, -0.05) is 12.0 Å². The Bertz CT molecular complexity index is 1460. The van der Waals surface area contributed by atoms with Gasteiger partial charge in [-0.15, -0.1) is 0 Å². The number of rotatable bonds is 11. The summed E-state index contributed by atoms with van der Waals surface area (Å²) in [7, 11) is 4.61. The van der Waals surface area contributed by atoms with Crippen LogP contribution in [0.25, 0.3) is 10.9 Å². The molecule has 1 fully saturated rings. The zero-order valence-electron chi connectivity index (χ0n) is 25.1. The average Bonchev–Trinajstić information content (AvgIpc) is 3.34. The summed E-state index contributed by atoms with van der Waals surface area (Å²) in [6.07, 6.45) is -2.94. The molecule has 3 aromatic rings. The van der Waals surface area contributed by atoms with Crippen molar-refractivity contribution in [1.29, 1.82) is 0 Å². The van der Waals surface area contributed by atoms with Crippen molar-refractivity contribution in [3.05, 3.63) is 53.7 Å². The molecule has 0 bridgehead atoms. The number of nitrogens with one attached hydrogen (secondary N) is 3. The Morgan fingerprint density at radius 2 is 1.89 bits per heavy atom. The number of aromatic nitrogens is 1. The average molecular weight is 636 g/mol. The van der Waals surface area contributed by atoms with Crippen LogP contribution >= 0.6 is 13.5 Å². The molecule has 1 saturated heterocycles. The number of halogens is 3. The van der Waals surface area contributed by atoms with Gasteiger partial charge in [-0.3, -0.25) is 4.79 Å². The van der Waals surface area contributed by atoms with Crippen molar-refractivity contribution in [3.63, 3.8) is 0 Å². The Labute approximate surface area is 262 Å². The van der Waals surface area contributed by atoms with Crippen LogP contribution in [0.4, 0.5) is 24.5 Å². The summed E-state index contributed by atoms with van der Waals surface area (Å²) in [5.74, 6) is 6.04. The standard InChI is InChI=1S/C31H38F3N5O4.H2S/c1-35-30(41)21-9-10-27(29(16-21)43-3)36-13-5-6-23-17-25-26(7-4-8-28(25)39(23)20-31(32,33)34)37-22-11-14-38(15-12-22)18-24(19-40)42-2;/h4,7-10,16-17,22,24,36-37,40H,11-15,18-20H2,1-3H3,(H,35,41);1H2/t24-;/m0./s1. The number of piperidine rings is 1. The zero-order chi connectivity index (χ0) is 31.0. The lowest BCUT2D eigenvalue weighted by Crippen LogP contribution is -2.43. The van der Waals surface area contributed by atoms with E-state index in [4.69, 9.17) is 9.47 Å². The maximum absolute atomic E-state index is 13.6. The molecule has 1 aliphatic heterocycles. The SMILES string of the molecule is CNC(=O)c1ccc(NCC#Cc2cc3c(NC4CCN(C[C@@H](CO)OC)CC4)cccc3n2CC(F)(F)F)c(OC)c1.S. The van der Waals surface area contributed by atoms with Crippen LogP contribution in [0.2, 0.25) is 0 Å². The third-order valence-corrected chi connectivity index (χ3v) is 7.50. The fourth-order valence-electron chi connectivity index (χ4n) is 5.24. The minimum atomic E-state index is -4.43. The number of carbonyl (C=O) groups is 1. The lowest BCUT2D eigenvalue weighted by atomic mass is 10.0. The Kier molecular flexibility index (Phi) is 12.7. The predicted molar refractivity (Wildman–Crippen MR) is 171 cm³/mol. The van der Waals surface area contributed by atoms with Crippen molar-refractivity contribution in [2.75, 3.05) is 64.7 Å². The number of benzene rings is 2. The molecule has 0 spiro atoms. The minimum absolute atomic E-state index is 0. The van der Waals surface area contributed by atoms with E-state index in [1.54, 1.807) is 43.5 Å². The maximum Gasteiger partial charge on any atom is 0.406 e. The van der Waals surface area contributed by atoms with Crippen LogP contribution in [0.3, 0.4) is 0 Å². The van der Waals surface area contributed by atoms with Crippen molar-refractivity contribution >= 4 is 41.7 Å².